The fraction of sp³-hybridized carbons (Fsp3) is 0.500. The van der Waals surface area contributed by atoms with Gasteiger partial charge in [0.05, 0.1) is 0 Å². The van der Waals surface area contributed by atoms with Gasteiger partial charge in [0.2, 0.25) is 0 Å². The molecule has 0 aliphatic heterocycles. The Labute approximate surface area is 90.3 Å². The van der Waals surface area contributed by atoms with E-state index in [9.17, 15) is 0 Å². The zero-order valence-corrected chi connectivity index (χ0v) is 9.80. The van der Waals surface area contributed by atoms with Crippen LogP contribution in [0.3, 0.4) is 0 Å². The number of halogens is 3. The van der Waals surface area contributed by atoms with Gasteiger partial charge in [0.1, 0.15) is 0 Å². The van der Waals surface area contributed by atoms with Crippen molar-refractivity contribution < 1.29 is 40.3 Å². The molecule has 0 unspecified atom stereocenters. The van der Waals surface area contributed by atoms with E-state index < -0.39 is 0 Å². The Balaban J connectivity index is -0.0000000800. The van der Waals surface area contributed by atoms with E-state index in [0.717, 1.165) is 6.42 Å². The normalized spacial score (nSPS) is 13.1. The van der Waals surface area contributed by atoms with Crippen LogP contribution in [0.4, 0.5) is 0 Å². The van der Waals surface area contributed by atoms with E-state index in [4.69, 9.17) is 0 Å². The zero-order chi connectivity index (χ0) is 6.15. The second-order valence-corrected chi connectivity index (χ2v) is 2.49. The Morgan fingerprint density at radius 2 is 1.42 bits per heavy atom. The Bertz CT molecular complexity index is 173. The Hall–Kier alpha value is 0.153. The van der Waals surface area contributed by atoms with Gasteiger partial charge in [-0.15, -0.1) is 6.92 Å². The van der Waals surface area contributed by atoms with Gasteiger partial charge in [-0.1, -0.05) is 20.3 Å². The van der Waals surface area contributed by atoms with Crippen molar-refractivity contribution in [1.82, 2.24) is 0 Å². The molecule has 0 fully saturated rings. The summed E-state index contributed by atoms with van der Waals surface area (Å²) in [5, 5.41) is 0. The van der Waals surface area contributed by atoms with E-state index >= 15 is 0 Å². The third-order valence-electron chi connectivity index (χ3n) is 1.57. The molecule has 0 aromatic rings. The monoisotopic (exact) mass is 254 g/mol. The quantitative estimate of drug-likeness (QED) is 0.378. The maximum Gasteiger partial charge on any atom is 4.00 e. The van der Waals surface area contributed by atoms with E-state index in [1.54, 1.807) is 0 Å². The molecule has 0 aromatic carbocycles. The summed E-state index contributed by atoms with van der Waals surface area (Å²) in [6.07, 6.45) is 4.41. The summed E-state index contributed by atoms with van der Waals surface area (Å²) >= 11 is 0. The molecule has 12 heavy (non-hydrogen) atoms. The van der Waals surface area contributed by atoms with Gasteiger partial charge in [0.15, 0.2) is 0 Å². The van der Waals surface area contributed by atoms with Crippen molar-refractivity contribution in [3.05, 3.63) is 22.8 Å². The molecular weight excluding hydrogens is 244 g/mol. The van der Waals surface area contributed by atoms with Crippen LogP contribution in [0.1, 0.15) is 27.2 Å². The van der Waals surface area contributed by atoms with Crippen LogP contribution >= 0.6 is 0 Å². The first-order valence-electron chi connectivity index (χ1n) is 2.96. The van der Waals surface area contributed by atoms with E-state index in [2.05, 4.69) is 26.8 Å². The third-order valence-corrected chi connectivity index (χ3v) is 1.57. The molecule has 4 heteroatoms. The zero-order valence-electron chi connectivity index (χ0n) is 7.34. The third kappa shape index (κ3) is 5.76. The smallest absolute Gasteiger partial charge is 1.00 e. The Morgan fingerprint density at radius 1 is 1.00 bits per heavy atom. The fourth-order valence-electron chi connectivity index (χ4n) is 1.00. The first-order chi connectivity index (χ1) is 3.70. The van der Waals surface area contributed by atoms with Gasteiger partial charge in [-0.2, -0.15) is 5.57 Å². The van der Waals surface area contributed by atoms with Gasteiger partial charge in [0.25, 0.3) is 0 Å². The molecule has 0 saturated heterocycles. The van der Waals surface area contributed by atoms with Crippen molar-refractivity contribution >= 4 is 0 Å². The first kappa shape index (κ1) is 22.7. The van der Waals surface area contributed by atoms with Crippen LogP contribution in [0.2, 0.25) is 0 Å². The van der Waals surface area contributed by atoms with Gasteiger partial charge >= 0.3 is 26.2 Å². The topological polar surface area (TPSA) is 0 Å². The van der Waals surface area contributed by atoms with Crippen LogP contribution in [0.15, 0.2) is 16.7 Å². The van der Waals surface area contributed by atoms with Crippen LogP contribution < -0.4 is 14.1 Å². The van der Waals surface area contributed by atoms with Crippen LogP contribution in [-0.2, 0) is 26.2 Å². The first-order valence-corrected chi connectivity index (χ1v) is 2.96. The van der Waals surface area contributed by atoms with Gasteiger partial charge in [0, 0.05) is 0 Å². The number of allylic oxidation sites excluding steroid dienone is 4. The molecule has 1 aliphatic carbocycles. The summed E-state index contributed by atoms with van der Waals surface area (Å²) in [5.74, 6) is 0. The molecule has 1 rings (SSSR count). The molecule has 0 N–H and O–H groups in total. The minimum absolute atomic E-state index is 0. The van der Waals surface area contributed by atoms with Crippen molar-refractivity contribution in [3.8, 4) is 0 Å². The van der Waals surface area contributed by atoms with Crippen LogP contribution in [0.25, 0.3) is 0 Å². The van der Waals surface area contributed by atoms with Gasteiger partial charge in [-0.25, -0.2) is 17.2 Å². The van der Waals surface area contributed by atoms with Gasteiger partial charge in [-0.05, 0) is 0 Å². The summed E-state index contributed by atoms with van der Waals surface area (Å²) in [5.41, 5.74) is 4.19. The predicted octanol–water partition coefficient (Wildman–Crippen LogP) is -6.51. The second-order valence-electron chi connectivity index (χ2n) is 2.49. The van der Waals surface area contributed by atoms with Crippen LogP contribution in [0, 0.1) is 6.08 Å². The second kappa shape index (κ2) is 9.24. The van der Waals surface area contributed by atoms with E-state index in [1.807, 2.05) is 0 Å². The molecule has 0 spiro atoms. The number of hydrogen-bond acceptors (Lipinski definition) is 0. The molecule has 0 atom stereocenters. The van der Waals surface area contributed by atoms with Crippen molar-refractivity contribution in [3.63, 3.8) is 0 Å². The average Bonchev–Trinajstić information content (AvgIpc) is 1.85. The molecular formula is C8H11F3Zr. The largest absolute Gasteiger partial charge is 4.00 e. The SMILES string of the molecule is CC1=[C-]C(C)=C(C)C1.[F-].[F-].[F-].[Zr+4]. The summed E-state index contributed by atoms with van der Waals surface area (Å²) in [6.45, 7) is 6.41. The number of hydrogen-bond donors (Lipinski definition) is 0. The van der Waals surface area contributed by atoms with E-state index in [-0.39, 0.29) is 40.3 Å². The number of rotatable bonds is 0. The van der Waals surface area contributed by atoms with Crippen LogP contribution in [-0.4, -0.2) is 0 Å². The summed E-state index contributed by atoms with van der Waals surface area (Å²) in [4.78, 5) is 0. The van der Waals surface area contributed by atoms with Crippen molar-refractivity contribution in [2.45, 2.75) is 27.2 Å². The summed E-state index contributed by atoms with van der Waals surface area (Å²) in [6, 6.07) is 0. The standard InChI is InChI=1S/C8H11.3FH.Zr/c1-6-4-7(2)8(3)5-6;;;;/h4H2,1-3H3;3*1H;/q-1;;;;+4/p-3. The molecule has 0 radical (unpaired) electrons. The minimum Gasteiger partial charge on any atom is -1.00 e. The molecule has 0 amide bonds. The molecule has 0 nitrogen and oxygen atoms in total. The van der Waals surface area contributed by atoms with Crippen molar-refractivity contribution in [2.24, 2.45) is 0 Å². The minimum atomic E-state index is 0. The summed E-state index contributed by atoms with van der Waals surface area (Å²) < 4.78 is 0. The maximum atomic E-state index is 3.26. The molecule has 1 aliphatic rings. The van der Waals surface area contributed by atoms with Crippen molar-refractivity contribution in [2.75, 3.05) is 0 Å². The van der Waals surface area contributed by atoms with Crippen molar-refractivity contribution in [1.29, 1.82) is 0 Å². The van der Waals surface area contributed by atoms with Gasteiger partial charge in [-0.3, -0.25) is 0 Å². The maximum absolute atomic E-state index is 3.26. The molecule has 0 saturated carbocycles. The average molecular weight is 255 g/mol. The Morgan fingerprint density at radius 3 is 1.50 bits per heavy atom. The fourth-order valence-corrected chi connectivity index (χ4v) is 1.00. The van der Waals surface area contributed by atoms with E-state index in [0.29, 0.717) is 0 Å². The molecule has 68 valence electrons. The van der Waals surface area contributed by atoms with Crippen LogP contribution in [0.5, 0.6) is 0 Å². The molecule has 0 heterocycles. The summed E-state index contributed by atoms with van der Waals surface area (Å²) in [7, 11) is 0. The molecule has 0 bridgehead atoms. The molecule has 0 aromatic heterocycles. The van der Waals surface area contributed by atoms with Gasteiger partial charge < -0.3 is 14.1 Å². The predicted molar refractivity (Wildman–Crippen MR) is 35.4 cm³/mol. The Kier molecular flexibility index (Phi) is 17.5. The van der Waals surface area contributed by atoms with E-state index in [1.165, 1.54) is 16.7 Å².